The number of hydrogen-bond donors (Lipinski definition) is 0. The van der Waals surface area contributed by atoms with Crippen molar-refractivity contribution < 1.29 is 4.74 Å². The molecule has 0 spiro atoms. The third-order valence-electron chi connectivity index (χ3n) is 2.16. The number of rotatable bonds is 3. The molecule has 0 amide bonds. The molecule has 0 N–H and O–H groups in total. The van der Waals surface area contributed by atoms with E-state index in [1.165, 1.54) is 0 Å². The van der Waals surface area contributed by atoms with Crippen LogP contribution in [0.2, 0.25) is 0 Å². The van der Waals surface area contributed by atoms with Gasteiger partial charge in [-0.3, -0.25) is 4.79 Å². The second-order valence-corrected chi connectivity index (χ2v) is 3.66. The van der Waals surface area contributed by atoms with E-state index >= 15 is 0 Å². The fraction of sp³-hybridized carbons (Fsp3) is 0.308. The highest BCUT2D eigenvalue weighted by molar-refractivity contribution is 5.37. The number of hydrogen-bond acceptors (Lipinski definition) is 2. The van der Waals surface area contributed by atoms with E-state index < -0.39 is 0 Å². The van der Waals surface area contributed by atoms with Crippen molar-refractivity contribution in [2.45, 2.75) is 20.8 Å². The van der Waals surface area contributed by atoms with Gasteiger partial charge in [-0.25, -0.2) is 0 Å². The van der Waals surface area contributed by atoms with Gasteiger partial charge < -0.3 is 4.74 Å². The van der Waals surface area contributed by atoms with Crippen LogP contribution in [0.25, 0.3) is 0 Å². The molecule has 1 aromatic rings. The maximum Gasteiger partial charge on any atom is 0.223 e. The average Bonchev–Trinajstić information content (AvgIpc) is 2.24. The second-order valence-electron chi connectivity index (χ2n) is 3.66. The fourth-order valence-electron chi connectivity index (χ4n) is 1.54. The molecule has 0 aliphatic rings. The summed E-state index contributed by atoms with van der Waals surface area (Å²) in [4.78, 5) is 11.9. The zero-order valence-electron chi connectivity index (χ0n) is 9.46. The maximum absolute atomic E-state index is 11.9. The van der Waals surface area contributed by atoms with Gasteiger partial charge >= 0.3 is 0 Å². The van der Waals surface area contributed by atoms with Gasteiger partial charge in [-0.05, 0) is 26.3 Å². The van der Waals surface area contributed by atoms with Gasteiger partial charge in [-0.15, -0.1) is 0 Å². The third-order valence-corrected chi connectivity index (χ3v) is 2.16. The predicted molar refractivity (Wildman–Crippen MR) is 62.6 cm³/mol. The van der Waals surface area contributed by atoms with Crippen LogP contribution in [0.4, 0.5) is 0 Å². The van der Waals surface area contributed by atoms with Gasteiger partial charge in [0.2, 0.25) is 5.43 Å². The van der Waals surface area contributed by atoms with Crippen LogP contribution in [0.15, 0.2) is 29.6 Å². The summed E-state index contributed by atoms with van der Waals surface area (Å²) < 4.78 is 5.38. The minimum atomic E-state index is -0.0394. The van der Waals surface area contributed by atoms with Crippen molar-refractivity contribution in [1.82, 2.24) is 0 Å². The topological polar surface area (TPSA) is 26.3 Å². The van der Waals surface area contributed by atoms with Gasteiger partial charge in [0.25, 0.3) is 0 Å². The Bertz CT molecular complexity index is 433. The summed E-state index contributed by atoms with van der Waals surface area (Å²) in [5.41, 5.74) is 2.60. The van der Waals surface area contributed by atoms with E-state index in [1.54, 1.807) is 13.0 Å². The zero-order chi connectivity index (χ0) is 11.4. The number of ether oxygens (including phenoxy) is 1. The third kappa shape index (κ3) is 2.69. The van der Waals surface area contributed by atoms with E-state index in [4.69, 9.17) is 4.74 Å². The van der Waals surface area contributed by atoms with Gasteiger partial charge in [0, 0.05) is 5.56 Å². The van der Waals surface area contributed by atoms with E-state index in [2.05, 4.69) is 6.58 Å². The largest absolute Gasteiger partial charge is 0.485 e. The Hall–Kier alpha value is -1.57. The van der Waals surface area contributed by atoms with Gasteiger partial charge in [0.1, 0.15) is 6.61 Å². The zero-order valence-corrected chi connectivity index (χ0v) is 9.46. The standard InChI is InChI=1S/C13H16O2/c1-5-6-15-13-11(4)8-9(2)7-10(3)12(13)14/h5,7-8H,1,6H2,2-4H3. The van der Waals surface area contributed by atoms with E-state index in [1.807, 2.05) is 26.0 Å². The molecule has 0 unspecified atom stereocenters. The van der Waals surface area contributed by atoms with Gasteiger partial charge in [-0.2, -0.15) is 0 Å². The first-order chi connectivity index (χ1) is 7.06. The Morgan fingerprint density at radius 1 is 1.27 bits per heavy atom. The molecule has 0 aliphatic carbocycles. The molecule has 0 bridgehead atoms. The molecule has 2 nitrogen and oxygen atoms in total. The van der Waals surface area contributed by atoms with Crippen LogP contribution < -0.4 is 10.2 Å². The van der Waals surface area contributed by atoms with E-state index in [9.17, 15) is 4.79 Å². The molecule has 1 rings (SSSR count). The van der Waals surface area contributed by atoms with Crippen molar-refractivity contribution in [2.24, 2.45) is 0 Å². The Kier molecular flexibility index (Phi) is 3.67. The van der Waals surface area contributed by atoms with Gasteiger partial charge in [0.15, 0.2) is 5.75 Å². The summed E-state index contributed by atoms with van der Waals surface area (Å²) in [7, 11) is 0. The summed E-state index contributed by atoms with van der Waals surface area (Å²) in [6.45, 7) is 9.57. The first kappa shape index (κ1) is 11.5. The highest BCUT2D eigenvalue weighted by Crippen LogP contribution is 2.13. The van der Waals surface area contributed by atoms with Gasteiger partial charge in [-0.1, -0.05) is 30.4 Å². The average molecular weight is 204 g/mol. The quantitative estimate of drug-likeness (QED) is 0.707. The summed E-state index contributed by atoms with van der Waals surface area (Å²) in [6.07, 6.45) is 1.63. The monoisotopic (exact) mass is 204 g/mol. The Morgan fingerprint density at radius 2 is 1.87 bits per heavy atom. The molecule has 15 heavy (non-hydrogen) atoms. The molecule has 0 radical (unpaired) electrons. The van der Waals surface area contributed by atoms with Crippen molar-refractivity contribution >= 4 is 0 Å². The lowest BCUT2D eigenvalue weighted by Gasteiger charge is -2.02. The summed E-state index contributed by atoms with van der Waals surface area (Å²) >= 11 is 0. The Morgan fingerprint density at radius 3 is 2.47 bits per heavy atom. The van der Waals surface area contributed by atoms with Crippen LogP contribution >= 0.6 is 0 Å². The van der Waals surface area contributed by atoms with Crippen molar-refractivity contribution in [3.8, 4) is 5.75 Å². The SMILES string of the molecule is C=CCOc1c(C)cc(C)cc(C)c1=O. The van der Waals surface area contributed by atoms with E-state index in [0.29, 0.717) is 17.9 Å². The van der Waals surface area contributed by atoms with Crippen LogP contribution in [-0.2, 0) is 0 Å². The summed E-state index contributed by atoms with van der Waals surface area (Å²) in [5.74, 6) is 0.431. The lowest BCUT2D eigenvalue weighted by atomic mass is 10.2. The fourth-order valence-corrected chi connectivity index (χ4v) is 1.54. The lowest BCUT2D eigenvalue weighted by Crippen LogP contribution is -2.09. The van der Waals surface area contributed by atoms with Crippen LogP contribution in [0.3, 0.4) is 0 Å². The van der Waals surface area contributed by atoms with E-state index in [-0.39, 0.29) is 5.43 Å². The minimum absolute atomic E-state index is 0.0394. The first-order valence-corrected chi connectivity index (χ1v) is 4.92. The van der Waals surface area contributed by atoms with Crippen molar-refractivity contribution in [1.29, 1.82) is 0 Å². The molecule has 0 atom stereocenters. The molecule has 2 heteroatoms. The Balaban J connectivity index is 3.37. The molecule has 0 saturated carbocycles. The molecule has 80 valence electrons. The molecule has 0 aromatic heterocycles. The molecular formula is C13H16O2. The first-order valence-electron chi connectivity index (χ1n) is 4.92. The van der Waals surface area contributed by atoms with Crippen LogP contribution in [0.1, 0.15) is 16.7 Å². The molecule has 0 saturated heterocycles. The molecule has 0 fully saturated rings. The second kappa shape index (κ2) is 4.78. The summed E-state index contributed by atoms with van der Waals surface area (Å²) in [5, 5.41) is 0. The van der Waals surface area contributed by atoms with Crippen LogP contribution in [0, 0.1) is 20.8 Å². The number of aryl methyl sites for hydroxylation is 3. The normalized spacial score (nSPS) is 9.80. The van der Waals surface area contributed by atoms with Crippen molar-refractivity contribution in [2.75, 3.05) is 6.61 Å². The Labute approximate surface area is 90.2 Å². The lowest BCUT2D eigenvalue weighted by molar-refractivity contribution is 0.357. The van der Waals surface area contributed by atoms with Crippen LogP contribution in [-0.4, -0.2) is 6.61 Å². The van der Waals surface area contributed by atoms with Gasteiger partial charge in [0.05, 0.1) is 0 Å². The highest BCUT2D eigenvalue weighted by Gasteiger charge is 2.05. The smallest absolute Gasteiger partial charge is 0.223 e. The molecule has 0 aliphatic heterocycles. The molecule has 1 aromatic carbocycles. The minimum Gasteiger partial charge on any atom is -0.485 e. The maximum atomic E-state index is 11.9. The summed E-state index contributed by atoms with van der Waals surface area (Å²) in [6, 6.07) is 3.82. The van der Waals surface area contributed by atoms with Crippen LogP contribution in [0.5, 0.6) is 5.75 Å². The van der Waals surface area contributed by atoms with Crippen molar-refractivity contribution in [3.05, 3.63) is 51.7 Å². The predicted octanol–water partition coefficient (Wildman–Crippen LogP) is 2.54. The molecule has 0 heterocycles. The van der Waals surface area contributed by atoms with E-state index in [0.717, 1.165) is 11.1 Å². The molecular weight excluding hydrogens is 188 g/mol. The highest BCUT2D eigenvalue weighted by atomic mass is 16.5. The van der Waals surface area contributed by atoms with Crippen molar-refractivity contribution in [3.63, 3.8) is 0 Å².